The molecule has 0 spiro atoms. The topological polar surface area (TPSA) is 58.9 Å². The highest BCUT2D eigenvalue weighted by Gasteiger charge is 2.51. The molecule has 0 heterocycles. The van der Waals surface area contributed by atoms with Gasteiger partial charge < -0.3 is 19.7 Å². The lowest BCUT2D eigenvalue weighted by atomic mass is 9.54. The number of aliphatic hydroxyl groups excluding tert-OH is 2. The zero-order valence-corrected chi connectivity index (χ0v) is 16.7. The summed E-state index contributed by atoms with van der Waals surface area (Å²) in [6, 6.07) is 12.5. The number of benzene rings is 2. The van der Waals surface area contributed by atoms with Crippen LogP contribution in [0.2, 0.25) is 0 Å². The molecule has 0 saturated heterocycles. The lowest BCUT2D eigenvalue weighted by Gasteiger charge is -2.50. The summed E-state index contributed by atoms with van der Waals surface area (Å²) in [6.45, 7) is 5.62. The van der Waals surface area contributed by atoms with Gasteiger partial charge in [-0.2, -0.15) is 0 Å². The van der Waals surface area contributed by atoms with Gasteiger partial charge in [0.2, 0.25) is 0 Å². The van der Waals surface area contributed by atoms with E-state index in [-0.39, 0.29) is 36.9 Å². The predicted molar refractivity (Wildman–Crippen MR) is 109 cm³/mol. The van der Waals surface area contributed by atoms with Crippen LogP contribution in [0.5, 0.6) is 11.5 Å². The molecule has 2 bridgehead atoms. The van der Waals surface area contributed by atoms with Crippen LogP contribution in [-0.2, 0) is 0 Å². The summed E-state index contributed by atoms with van der Waals surface area (Å²) in [5, 5.41) is 20.5. The molecule has 4 unspecified atom stereocenters. The van der Waals surface area contributed by atoms with Crippen molar-refractivity contribution < 1.29 is 19.7 Å². The van der Waals surface area contributed by atoms with Gasteiger partial charge in [0.25, 0.3) is 0 Å². The molecule has 0 aliphatic heterocycles. The molecule has 0 aromatic heterocycles. The molecule has 0 saturated carbocycles. The van der Waals surface area contributed by atoms with Gasteiger partial charge in [-0.15, -0.1) is 0 Å². The monoisotopic (exact) mass is 382 g/mol. The van der Waals surface area contributed by atoms with Crippen molar-refractivity contribution >= 4 is 0 Å². The second-order valence-electron chi connectivity index (χ2n) is 7.86. The van der Waals surface area contributed by atoms with Crippen LogP contribution >= 0.6 is 0 Å². The molecular weight excluding hydrogens is 352 g/mol. The van der Waals surface area contributed by atoms with E-state index in [2.05, 4.69) is 38.1 Å². The summed E-state index contributed by atoms with van der Waals surface area (Å²) in [7, 11) is 0. The number of rotatable bonds is 8. The highest BCUT2D eigenvalue weighted by Crippen LogP contribution is 2.62. The fourth-order valence-electron chi connectivity index (χ4n) is 5.17. The third-order valence-electron chi connectivity index (χ3n) is 6.25. The first-order valence-electron chi connectivity index (χ1n) is 10.5. The maximum absolute atomic E-state index is 10.3. The quantitative estimate of drug-likeness (QED) is 0.722. The zero-order valence-electron chi connectivity index (χ0n) is 16.7. The van der Waals surface area contributed by atoms with Gasteiger partial charge in [-0.1, -0.05) is 38.1 Å². The van der Waals surface area contributed by atoms with Crippen LogP contribution in [0.15, 0.2) is 36.4 Å². The van der Waals surface area contributed by atoms with Gasteiger partial charge in [0, 0.05) is 36.2 Å². The van der Waals surface area contributed by atoms with E-state index in [0.717, 1.165) is 35.5 Å². The summed E-state index contributed by atoms with van der Waals surface area (Å²) >= 11 is 0. The SMILES string of the molecule is CCCOc1ccc(OCCC)c2c1C1c3ccccc3C2C(CO)C1CO. The largest absolute Gasteiger partial charge is 0.493 e. The molecule has 0 fully saturated rings. The first kappa shape index (κ1) is 19.3. The van der Waals surface area contributed by atoms with Gasteiger partial charge >= 0.3 is 0 Å². The molecule has 0 amide bonds. The molecule has 4 atom stereocenters. The Labute approximate surface area is 167 Å². The van der Waals surface area contributed by atoms with Crippen LogP contribution < -0.4 is 9.47 Å². The molecule has 4 heteroatoms. The Morgan fingerprint density at radius 3 is 1.50 bits per heavy atom. The third kappa shape index (κ3) is 2.90. The predicted octanol–water partition coefficient (Wildman–Crippen LogP) is 4.07. The average Bonchev–Trinajstić information content (AvgIpc) is 2.75. The minimum absolute atomic E-state index is 0.00961. The molecule has 0 radical (unpaired) electrons. The van der Waals surface area contributed by atoms with E-state index in [1.807, 2.05) is 12.1 Å². The van der Waals surface area contributed by atoms with Gasteiger partial charge in [-0.25, -0.2) is 0 Å². The van der Waals surface area contributed by atoms with Crippen molar-refractivity contribution in [2.24, 2.45) is 11.8 Å². The number of hydrogen-bond donors (Lipinski definition) is 2. The molecular formula is C24H30O4. The highest BCUT2D eigenvalue weighted by molar-refractivity contribution is 5.65. The molecule has 2 N–H and O–H groups in total. The minimum atomic E-state index is -0.0252. The summed E-state index contributed by atoms with van der Waals surface area (Å²) < 4.78 is 12.3. The third-order valence-corrected chi connectivity index (χ3v) is 6.25. The molecule has 2 aromatic carbocycles. The Morgan fingerprint density at radius 1 is 0.714 bits per heavy atom. The molecule has 28 heavy (non-hydrogen) atoms. The Balaban J connectivity index is 1.95. The van der Waals surface area contributed by atoms with Gasteiger partial charge in [-0.3, -0.25) is 0 Å². The van der Waals surface area contributed by atoms with Crippen molar-refractivity contribution in [1.29, 1.82) is 0 Å². The minimum Gasteiger partial charge on any atom is -0.493 e. The van der Waals surface area contributed by atoms with Gasteiger partial charge in [-0.05, 0) is 47.9 Å². The second-order valence-corrected chi connectivity index (χ2v) is 7.86. The van der Waals surface area contributed by atoms with Gasteiger partial charge in [0.15, 0.2) is 0 Å². The van der Waals surface area contributed by atoms with E-state index in [4.69, 9.17) is 9.47 Å². The zero-order chi connectivity index (χ0) is 19.7. The molecule has 4 nitrogen and oxygen atoms in total. The van der Waals surface area contributed by atoms with Crippen molar-refractivity contribution in [3.8, 4) is 11.5 Å². The Morgan fingerprint density at radius 2 is 1.14 bits per heavy atom. The Hall–Kier alpha value is -2.04. The van der Waals surface area contributed by atoms with E-state index in [9.17, 15) is 10.2 Å². The van der Waals surface area contributed by atoms with Crippen LogP contribution in [0.4, 0.5) is 0 Å². The van der Waals surface area contributed by atoms with Crippen LogP contribution in [-0.4, -0.2) is 36.6 Å². The number of aliphatic hydroxyl groups is 2. The molecule has 5 rings (SSSR count). The number of hydrogen-bond acceptors (Lipinski definition) is 4. The van der Waals surface area contributed by atoms with E-state index in [0.29, 0.717) is 13.2 Å². The summed E-state index contributed by atoms with van der Waals surface area (Å²) in [4.78, 5) is 0. The van der Waals surface area contributed by atoms with Crippen LogP contribution in [0.1, 0.15) is 60.8 Å². The van der Waals surface area contributed by atoms with Crippen molar-refractivity contribution in [1.82, 2.24) is 0 Å². The molecule has 2 aromatic rings. The normalized spacial score (nSPS) is 24.6. The van der Waals surface area contributed by atoms with Crippen molar-refractivity contribution in [3.05, 3.63) is 58.7 Å². The van der Waals surface area contributed by atoms with E-state index in [1.54, 1.807) is 0 Å². The van der Waals surface area contributed by atoms with Gasteiger partial charge in [0.1, 0.15) is 11.5 Å². The van der Waals surface area contributed by atoms with Crippen LogP contribution in [0.25, 0.3) is 0 Å². The average molecular weight is 383 g/mol. The smallest absolute Gasteiger partial charge is 0.123 e. The van der Waals surface area contributed by atoms with E-state index in [1.165, 1.54) is 11.1 Å². The van der Waals surface area contributed by atoms with E-state index >= 15 is 0 Å². The van der Waals surface area contributed by atoms with Crippen molar-refractivity contribution in [3.63, 3.8) is 0 Å². The lowest BCUT2D eigenvalue weighted by Crippen LogP contribution is -2.43. The molecule has 3 aliphatic carbocycles. The summed E-state index contributed by atoms with van der Waals surface area (Å²) in [6.07, 6.45) is 1.88. The maximum Gasteiger partial charge on any atom is 0.123 e. The summed E-state index contributed by atoms with van der Waals surface area (Å²) in [5.41, 5.74) is 4.79. The lowest BCUT2D eigenvalue weighted by molar-refractivity contribution is 0.0783. The summed E-state index contributed by atoms with van der Waals surface area (Å²) in [5.74, 6) is 1.75. The molecule has 3 aliphatic rings. The van der Waals surface area contributed by atoms with E-state index < -0.39 is 0 Å². The standard InChI is InChI=1S/C24H30O4/c1-3-11-27-19-9-10-20(28-12-4-2)24-22-16-8-6-5-7-15(16)21(23(19)24)17(13-25)18(22)14-26/h5-10,17-18,21-22,25-26H,3-4,11-14H2,1-2H3. The fourth-order valence-corrected chi connectivity index (χ4v) is 5.17. The first-order valence-corrected chi connectivity index (χ1v) is 10.5. The Bertz CT molecular complexity index is 763. The highest BCUT2D eigenvalue weighted by atomic mass is 16.5. The van der Waals surface area contributed by atoms with Crippen LogP contribution in [0, 0.1) is 11.8 Å². The second kappa shape index (κ2) is 8.14. The maximum atomic E-state index is 10.3. The van der Waals surface area contributed by atoms with Gasteiger partial charge in [0.05, 0.1) is 13.2 Å². The number of ether oxygens (including phenoxy) is 2. The fraction of sp³-hybridized carbons (Fsp3) is 0.500. The number of fused-ring (bicyclic) bond motifs is 1. The molecule has 150 valence electrons. The van der Waals surface area contributed by atoms with Crippen molar-refractivity contribution in [2.75, 3.05) is 26.4 Å². The Kier molecular flexibility index (Phi) is 5.61. The van der Waals surface area contributed by atoms with Crippen molar-refractivity contribution in [2.45, 2.75) is 38.5 Å². The van der Waals surface area contributed by atoms with Crippen LogP contribution in [0.3, 0.4) is 0 Å². The first-order chi connectivity index (χ1) is 13.8.